The van der Waals surface area contributed by atoms with Crippen LogP contribution in [-0.4, -0.2) is 44.8 Å². The van der Waals surface area contributed by atoms with Gasteiger partial charge in [0.15, 0.2) is 0 Å². The lowest BCUT2D eigenvalue weighted by atomic mass is 9.64. The number of aliphatic imine (C=N–C) groups is 1. The predicted octanol–water partition coefficient (Wildman–Crippen LogP) is 2.98. The van der Waals surface area contributed by atoms with Crippen molar-refractivity contribution in [2.45, 2.75) is 40.0 Å². The Labute approximate surface area is 223 Å². The Morgan fingerprint density at radius 2 is 1.79 bits per heavy atom. The molecular formula is C29H38FN5O3. The zero-order valence-electron chi connectivity index (χ0n) is 22.6. The number of nitrogens with one attached hydrogen (secondary N) is 4. The first kappa shape index (κ1) is 28.8. The van der Waals surface area contributed by atoms with Crippen LogP contribution in [0, 0.1) is 17.2 Å². The molecule has 0 aliphatic heterocycles. The summed E-state index contributed by atoms with van der Waals surface area (Å²) in [6.07, 6.45) is 3.49. The van der Waals surface area contributed by atoms with Gasteiger partial charge in [0.2, 0.25) is 11.8 Å². The molecule has 0 saturated heterocycles. The maximum absolute atomic E-state index is 15.0. The molecule has 1 aliphatic rings. The minimum absolute atomic E-state index is 0.234. The average molecular weight is 524 g/mol. The van der Waals surface area contributed by atoms with E-state index in [-0.39, 0.29) is 23.5 Å². The van der Waals surface area contributed by atoms with Gasteiger partial charge in [-0.1, -0.05) is 20.4 Å². The molecule has 8 nitrogen and oxygen atoms in total. The molecule has 38 heavy (non-hydrogen) atoms. The highest BCUT2D eigenvalue weighted by Crippen LogP contribution is 2.44. The van der Waals surface area contributed by atoms with E-state index in [0.29, 0.717) is 59.2 Å². The first-order chi connectivity index (χ1) is 18.1. The van der Waals surface area contributed by atoms with Crippen LogP contribution in [0.25, 0.3) is 12.4 Å². The molecule has 1 aliphatic carbocycles. The van der Waals surface area contributed by atoms with E-state index in [9.17, 15) is 9.59 Å². The van der Waals surface area contributed by atoms with Gasteiger partial charge in [-0.2, -0.15) is 0 Å². The molecule has 2 amide bonds. The van der Waals surface area contributed by atoms with Crippen LogP contribution in [0.3, 0.4) is 0 Å². The summed E-state index contributed by atoms with van der Waals surface area (Å²) in [5.74, 6) is -0.00809. The summed E-state index contributed by atoms with van der Waals surface area (Å²) < 4.78 is 20.6. The molecule has 0 spiro atoms. The standard InChI is InChI=1S/C29H38FN5O3/c1-6-32-28(27-19(2)13-23(14-24(27)30)38-12-11-31-5)35-22-9-7-21(8-10-22)34-26(37)15-25(36)33-18-20-16-29(3,4)17-20/h6-10,13-14,20,31,35H,2,11-12,15-18H2,1,3-5H3,(H,33,36)(H,34,37)/b28-27-,32-6-. The number of hydrogen-bond donors (Lipinski definition) is 4. The normalized spacial score (nSPS) is 15.5. The lowest BCUT2D eigenvalue weighted by Crippen LogP contribution is -2.40. The SMILES string of the molecule is C=c1cc(OCCNC)cc(F)/c1=C(/N=C\C)Nc1ccc(NC(=O)CC(=O)NCC2CC(C)(C)C2)cc1. The zero-order chi connectivity index (χ0) is 27.7. The van der Waals surface area contributed by atoms with Gasteiger partial charge in [-0.25, -0.2) is 9.38 Å². The molecule has 1 saturated carbocycles. The van der Waals surface area contributed by atoms with Crippen LogP contribution in [-0.2, 0) is 9.59 Å². The van der Waals surface area contributed by atoms with Gasteiger partial charge in [0, 0.05) is 36.7 Å². The zero-order valence-corrected chi connectivity index (χ0v) is 22.6. The number of carbonyl (C=O) groups excluding carboxylic acids is 2. The Balaban J connectivity index is 1.61. The Hall–Kier alpha value is -3.72. The van der Waals surface area contributed by atoms with E-state index in [2.05, 4.69) is 46.7 Å². The average Bonchev–Trinajstić information content (AvgIpc) is 2.82. The second-order valence-corrected chi connectivity index (χ2v) is 10.3. The number of rotatable bonds is 12. The van der Waals surface area contributed by atoms with Crippen molar-refractivity contribution in [1.29, 1.82) is 0 Å². The highest BCUT2D eigenvalue weighted by Gasteiger charge is 2.35. The van der Waals surface area contributed by atoms with Crippen molar-refractivity contribution in [2.75, 3.05) is 37.4 Å². The number of carbonyl (C=O) groups is 2. The lowest BCUT2D eigenvalue weighted by molar-refractivity contribution is -0.127. The summed E-state index contributed by atoms with van der Waals surface area (Å²) >= 11 is 0. The highest BCUT2D eigenvalue weighted by molar-refractivity contribution is 6.03. The van der Waals surface area contributed by atoms with Crippen molar-refractivity contribution in [3.05, 3.63) is 52.7 Å². The van der Waals surface area contributed by atoms with Gasteiger partial charge in [-0.3, -0.25) is 9.59 Å². The van der Waals surface area contributed by atoms with Gasteiger partial charge in [-0.15, -0.1) is 0 Å². The number of hydrogen-bond acceptors (Lipinski definition) is 6. The molecule has 9 heteroatoms. The number of amides is 2. The summed E-state index contributed by atoms with van der Waals surface area (Å²) in [7, 11) is 1.81. The molecule has 0 atom stereocenters. The van der Waals surface area contributed by atoms with Gasteiger partial charge in [-0.05, 0) is 73.7 Å². The maximum atomic E-state index is 15.0. The third-order valence-corrected chi connectivity index (χ3v) is 6.28. The molecule has 2 aromatic rings. The van der Waals surface area contributed by atoms with Crippen molar-refractivity contribution in [2.24, 2.45) is 16.3 Å². The van der Waals surface area contributed by atoms with Crippen molar-refractivity contribution >= 4 is 41.8 Å². The Bertz CT molecular complexity index is 1270. The molecule has 0 heterocycles. The van der Waals surface area contributed by atoms with Crippen LogP contribution < -0.4 is 36.4 Å². The fraction of sp³-hybridized carbons (Fsp3) is 0.414. The summed E-state index contributed by atoms with van der Waals surface area (Å²) in [5.41, 5.74) is 1.53. The second-order valence-electron chi connectivity index (χ2n) is 10.3. The molecule has 0 aromatic heterocycles. The molecule has 4 N–H and O–H groups in total. The molecule has 204 valence electrons. The number of ether oxygens (including phenoxy) is 1. The van der Waals surface area contributed by atoms with Crippen LogP contribution in [0.15, 0.2) is 41.4 Å². The summed E-state index contributed by atoms with van der Waals surface area (Å²) in [4.78, 5) is 28.7. The van der Waals surface area contributed by atoms with E-state index in [0.717, 1.165) is 12.8 Å². The Kier molecular flexibility index (Phi) is 10.0. The predicted molar refractivity (Wildman–Crippen MR) is 151 cm³/mol. The first-order valence-electron chi connectivity index (χ1n) is 12.8. The van der Waals surface area contributed by atoms with Crippen molar-refractivity contribution in [1.82, 2.24) is 10.6 Å². The Morgan fingerprint density at radius 3 is 2.37 bits per heavy atom. The molecular weight excluding hydrogens is 485 g/mol. The minimum atomic E-state index is -0.506. The third kappa shape index (κ3) is 8.41. The number of anilines is 2. The number of benzene rings is 2. The second kappa shape index (κ2) is 13.2. The smallest absolute Gasteiger partial charge is 0.233 e. The van der Waals surface area contributed by atoms with Crippen LogP contribution in [0.1, 0.15) is 40.0 Å². The first-order valence-corrected chi connectivity index (χ1v) is 12.8. The van der Waals surface area contributed by atoms with Gasteiger partial charge < -0.3 is 26.0 Å². The fourth-order valence-corrected chi connectivity index (χ4v) is 4.64. The summed E-state index contributed by atoms with van der Waals surface area (Å²) in [6.45, 7) is 11.8. The molecule has 3 rings (SSSR count). The van der Waals surface area contributed by atoms with Gasteiger partial charge in [0.05, 0.1) is 5.22 Å². The largest absolute Gasteiger partial charge is 0.492 e. The quantitative estimate of drug-likeness (QED) is 0.195. The van der Waals surface area contributed by atoms with Gasteiger partial charge in [0.25, 0.3) is 0 Å². The van der Waals surface area contributed by atoms with E-state index < -0.39 is 5.82 Å². The van der Waals surface area contributed by atoms with Gasteiger partial charge >= 0.3 is 0 Å². The minimum Gasteiger partial charge on any atom is -0.492 e. The van der Waals surface area contributed by atoms with Crippen molar-refractivity contribution in [3.63, 3.8) is 0 Å². The van der Waals surface area contributed by atoms with Crippen LogP contribution in [0.4, 0.5) is 15.8 Å². The third-order valence-electron chi connectivity index (χ3n) is 6.28. The van der Waals surface area contributed by atoms with E-state index in [1.165, 1.54) is 6.07 Å². The van der Waals surface area contributed by atoms with E-state index in [4.69, 9.17) is 4.74 Å². The van der Waals surface area contributed by atoms with Gasteiger partial charge in [0.1, 0.15) is 30.4 Å². The summed E-state index contributed by atoms with van der Waals surface area (Å²) in [6, 6.07) is 9.84. The van der Waals surface area contributed by atoms with Crippen LogP contribution in [0.5, 0.6) is 5.75 Å². The topological polar surface area (TPSA) is 104 Å². The fourth-order valence-electron chi connectivity index (χ4n) is 4.64. The van der Waals surface area contributed by atoms with Crippen LogP contribution in [0.2, 0.25) is 0 Å². The lowest BCUT2D eigenvalue weighted by Gasteiger charge is -2.42. The number of likely N-dealkylation sites (N-methyl/N-ethyl adjacent to an activating group) is 1. The Morgan fingerprint density at radius 1 is 1.13 bits per heavy atom. The molecule has 0 bridgehead atoms. The highest BCUT2D eigenvalue weighted by atomic mass is 19.1. The number of nitrogens with zero attached hydrogens (tertiary/aromatic N) is 1. The van der Waals surface area contributed by atoms with Crippen molar-refractivity contribution < 1.29 is 18.7 Å². The van der Waals surface area contributed by atoms with E-state index in [1.54, 1.807) is 43.5 Å². The molecule has 0 unspecified atom stereocenters. The van der Waals surface area contributed by atoms with Crippen molar-refractivity contribution in [3.8, 4) is 5.75 Å². The molecule has 0 radical (unpaired) electrons. The number of halogens is 1. The van der Waals surface area contributed by atoms with E-state index in [1.807, 2.05) is 7.05 Å². The van der Waals surface area contributed by atoms with Crippen LogP contribution >= 0.6 is 0 Å². The monoisotopic (exact) mass is 523 g/mol. The molecule has 1 fully saturated rings. The molecule has 2 aromatic carbocycles. The maximum Gasteiger partial charge on any atom is 0.233 e. The summed E-state index contributed by atoms with van der Waals surface area (Å²) in [5, 5.41) is 12.3. The van der Waals surface area contributed by atoms with E-state index >= 15 is 4.39 Å².